The van der Waals surface area contributed by atoms with Gasteiger partial charge in [-0.15, -0.1) is 0 Å². The molecule has 0 aromatic heterocycles. The molecule has 0 fully saturated rings. The van der Waals surface area contributed by atoms with Crippen molar-refractivity contribution in [3.8, 4) is 16.9 Å². The summed E-state index contributed by atoms with van der Waals surface area (Å²) in [6.07, 6.45) is 0. The molecule has 6 heteroatoms. The Hall–Kier alpha value is -2.67. The zero-order valence-electron chi connectivity index (χ0n) is 16.7. The standard InChI is InChI=1S/C23H25NO4S/c1-17-15-21(28-3)13-14-22(17)29(26,27)24-16-23(2,25)20-11-9-19(10-12-20)18-7-5-4-6-8-18/h4-15,24-25H,16H2,1-3H3. The normalized spacial score (nSPS) is 13.7. The molecule has 1 atom stereocenters. The number of sulfonamides is 1. The van der Waals surface area contributed by atoms with E-state index in [2.05, 4.69) is 4.72 Å². The van der Waals surface area contributed by atoms with Crippen LogP contribution >= 0.6 is 0 Å². The summed E-state index contributed by atoms with van der Waals surface area (Å²) in [4.78, 5) is 0.161. The molecule has 0 aliphatic rings. The van der Waals surface area contributed by atoms with Crippen LogP contribution in [0.4, 0.5) is 0 Å². The SMILES string of the molecule is COc1ccc(S(=O)(=O)NCC(C)(O)c2ccc(-c3ccccc3)cc2)c(C)c1. The van der Waals surface area contributed by atoms with Crippen LogP contribution in [-0.4, -0.2) is 27.2 Å². The van der Waals surface area contributed by atoms with Crippen molar-refractivity contribution in [1.82, 2.24) is 4.72 Å². The zero-order chi connectivity index (χ0) is 21.1. The number of methoxy groups -OCH3 is 1. The fourth-order valence-corrected chi connectivity index (χ4v) is 4.47. The van der Waals surface area contributed by atoms with E-state index in [1.807, 2.05) is 54.6 Å². The first-order valence-corrected chi connectivity index (χ1v) is 10.7. The van der Waals surface area contributed by atoms with Gasteiger partial charge >= 0.3 is 0 Å². The molecule has 3 rings (SSSR count). The topological polar surface area (TPSA) is 75.6 Å². The predicted molar refractivity (Wildman–Crippen MR) is 114 cm³/mol. The molecule has 3 aromatic carbocycles. The largest absolute Gasteiger partial charge is 0.497 e. The Kier molecular flexibility index (Phi) is 6.07. The van der Waals surface area contributed by atoms with Crippen molar-refractivity contribution < 1.29 is 18.3 Å². The van der Waals surface area contributed by atoms with E-state index in [9.17, 15) is 13.5 Å². The molecule has 2 N–H and O–H groups in total. The van der Waals surface area contributed by atoms with Crippen molar-refractivity contribution >= 4 is 10.0 Å². The second-order valence-electron chi connectivity index (χ2n) is 7.17. The Morgan fingerprint density at radius 1 is 0.966 bits per heavy atom. The average Bonchev–Trinajstić information content (AvgIpc) is 2.73. The van der Waals surface area contributed by atoms with Crippen LogP contribution in [0.3, 0.4) is 0 Å². The predicted octanol–water partition coefficient (Wildman–Crippen LogP) is 3.86. The minimum atomic E-state index is -3.77. The summed E-state index contributed by atoms with van der Waals surface area (Å²) in [6.45, 7) is 3.15. The molecule has 0 spiro atoms. The summed E-state index contributed by atoms with van der Waals surface area (Å²) in [6, 6.07) is 22.1. The van der Waals surface area contributed by atoms with Gasteiger partial charge in [-0.1, -0.05) is 54.6 Å². The van der Waals surface area contributed by atoms with Gasteiger partial charge in [-0.3, -0.25) is 0 Å². The Labute approximate surface area is 172 Å². The van der Waals surface area contributed by atoms with E-state index in [0.717, 1.165) is 11.1 Å². The van der Waals surface area contributed by atoms with Crippen molar-refractivity contribution in [3.05, 3.63) is 83.9 Å². The molecule has 0 radical (unpaired) electrons. The molecule has 0 bridgehead atoms. The molecule has 152 valence electrons. The average molecular weight is 412 g/mol. The molecule has 5 nitrogen and oxygen atoms in total. The smallest absolute Gasteiger partial charge is 0.240 e. The fraction of sp³-hybridized carbons (Fsp3) is 0.217. The monoisotopic (exact) mass is 411 g/mol. The Morgan fingerprint density at radius 3 is 2.17 bits per heavy atom. The maximum atomic E-state index is 12.7. The van der Waals surface area contributed by atoms with Gasteiger partial charge in [0.15, 0.2) is 0 Å². The lowest BCUT2D eigenvalue weighted by Crippen LogP contribution is -2.38. The summed E-state index contributed by atoms with van der Waals surface area (Å²) in [5.41, 5.74) is 1.95. The molecule has 0 aliphatic heterocycles. The van der Waals surface area contributed by atoms with Gasteiger partial charge < -0.3 is 9.84 Å². The van der Waals surface area contributed by atoms with Crippen LogP contribution in [0.15, 0.2) is 77.7 Å². The number of benzene rings is 3. The number of hydrogen-bond donors (Lipinski definition) is 2. The van der Waals surface area contributed by atoms with Crippen LogP contribution in [0.25, 0.3) is 11.1 Å². The highest BCUT2D eigenvalue weighted by molar-refractivity contribution is 7.89. The Bertz CT molecular complexity index is 1080. The van der Waals surface area contributed by atoms with E-state index in [-0.39, 0.29) is 11.4 Å². The molecule has 1 unspecified atom stereocenters. The quantitative estimate of drug-likeness (QED) is 0.619. The lowest BCUT2D eigenvalue weighted by molar-refractivity contribution is 0.0627. The lowest BCUT2D eigenvalue weighted by Gasteiger charge is -2.25. The molecular formula is C23H25NO4S. The van der Waals surface area contributed by atoms with Crippen molar-refractivity contribution in [2.75, 3.05) is 13.7 Å². The third-order valence-electron chi connectivity index (χ3n) is 4.89. The molecule has 0 heterocycles. The van der Waals surface area contributed by atoms with Crippen molar-refractivity contribution in [2.45, 2.75) is 24.3 Å². The molecule has 29 heavy (non-hydrogen) atoms. The maximum absolute atomic E-state index is 12.7. The van der Waals surface area contributed by atoms with E-state index in [1.165, 1.54) is 13.2 Å². The van der Waals surface area contributed by atoms with E-state index in [1.54, 1.807) is 26.0 Å². The molecule has 0 aliphatic carbocycles. The number of nitrogens with one attached hydrogen (secondary N) is 1. The summed E-state index contributed by atoms with van der Waals surface area (Å²) < 4.78 is 33.1. The second-order valence-corrected chi connectivity index (χ2v) is 8.91. The zero-order valence-corrected chi connectivity index (χ0v) is 17.5. The van der Waals surface area contributed by atoms with Gasteiger partial charge in [-0.25, -0.2) is 13.1 Å². The van der Waals surface area contributed by atoms with Crippen molar-refractivity contribution in [3.63, 3.8) is 0 Å². The van der Waals surface area contributed by atoms with Crippen LogP contribution in [-0.2, 0) is 15.6 Å². The van der Waals surface area contributed by atoms with Gasteiger partial charge in [-0.2, -0.15) is 0 Å². The van der Waals surface area contributed by atoms with Crippen LogP contribution in [0.1, 0.15) is 18.1 Å². The molecule has 0 saturated heterocycles. The van der Waals surface area contributed by atoms with Gasteiger partial charge in [-0.05, 0) is 54.3 Å². The Morgan fingerprint density at radius 2 is 1.59 bits per heavy atom. The maximum Gasteiger partial charge on any atom is 0.240 e. The number of rotatable bonds is 7. The van der Waals surface area contributed by atoms with E-state index >= 15 is 0 Å². The first kappa shape index (κ1) is 21.0. The highest BCUT2D eigenvalue weighted by Crippen LogP contribution is 2.26. The van der Waals surface area contributed by atoms with Crippen LogP contribution < -0.4 is 9.46 Å². The first-order valence-electron chi connectivity index (χ1n) is 9.25. The summed E-state index contributed by atoms with van der Waals surface area (Å²) in [7, 11) is -2.24. The van der Waals surface area contributed by atoms with Gasteiger partial charge in [0.25, 0.3) is 0 Å². The van der Waals surface area contributed by atoms with Crippen LogP contribution in [0.5, 0.6) is 5.75 Å². The molecule has 0 saturated carbocycles. The summed E-state index contributed by atoms with van der Waals surface area (Å²) in [5, 5.41) is 10.9. The van der Waals surface area contributed by atoms with E-state index in [0.29, 0.717) is 16.9 Å². The minimum Gasteiger partial charge on any atom is -0.497 e. The van der Waals surface area contributed by atoms with Gasteiger partial charge in [0.05, 0.1) is 12.0 Å². The highest BCUT2D eigenvalue weighted by atomic mass is 32.2. The first-order chi connectivity index (χ1) is 13.7. The molecule has 3 aromatic rings. The number of ether oxygens (including phenoxy) is 1. The van der Waals surface area contributed by atoms with Crippen molar-refractivity contribution in [1.29, 1.82) is 0 Å². The van der Waals surface area contributed by atoms with E-state index in [4.69, 9.17) is 4.74 Å². The highest BCUT2D eigenvalue weighted by Gasteiger charge is 2.27. The molecule has 0 amide bonds. The minimum absolute atomic E-state index is 0.147. The van der Waals surface area contributed by atoms with Gasteiger partial charge in [0.1, 0.15) is 11.4 Å². The second kappa shape index (κ2) is 8.37. The van der Waals surface area contributed by atoms with Gasteiger partial charge in [0, 0.05) is 6.54 Å². The van der Waals surface area contributed by atoms with Crippen LogP contribution in [0.2, 0.25) is 0 Å². The summed E-state index contributed by atoms with van der Waals surface area (Å²) >= 11 is 0. The molecular weight excluding hydrogens is 386 g/mol. The third kappa shape index (κ3) is 4.85. The Balaban J connectivity index is 1.75. The fourth-order valence-electron chi connectivity index (χ4n) is 3.12. The van der Waals surface area contributed by atoms with Crippen molar-refractivity contribution in [2.24, 2.45) is 0 Å². The number of hydrogen-bond acceptors (Lipinski definition) is 4. The number of aryl methyl sites for hydroxylation is 1. The summed E-state index contributed by atoms with van der Waals surface area (Å²) in [5.74, 6) is 0.590. The van der Waals surface area contributed by atoms with Crippen LogP contribution in [0, 0.1) is 6.92 Å². The third-order valence-corrected chi connectivity index (χ3v) is 6.45. The lowest BCUT2D eigenvalue weighted by atomic mass is 9.94. The number of aliphatic hydroxyl groups is 1. The van der Waals surface area contributed by atoms with E-state index < -0.39 is 15.6 Å². The van der Waals surface area contributed by atoms with Gasteiger partial charge in [0.2, 0.25) is 10.0 Å².